The predicted molar refractivity (Wildman–Crippen MR) is 76.4 cm³/mol. The van der Waals surface area contributed by atoms with E-state index in [4.69, 9.17) is 4.74 Å². The van der Waals surface area contributed by atoms with Gasteiger partial charge < -0.3 is 9.14 Å². The Bertz CT molecular complexity index is 762. The minimum atomic E-state index is 0.631. The van der Waals surface area contributed by atoms with E-state index in [2.05, 4.69) is 4.98 Å². The second kappa shape index (κ2) is 5.17. The zero-order valence-electron chi connectivity index (χ0n) is 11.1. The Balaban J connectivity index is 1.96. The van der Waals surface area contributed by atoms with Crippen molar-refractivity contribution in [2.75, 3.05) is 7.11 Å². The Labute approximate surface area is 116 Å². The number of aldehydes is 1. The minimum absolute atomic E-state index is 0.631. The molecule has 2 heterocycles. The number of rotatable bonds is 4. The molecule has 3 aromatic rings. The fraction of sp³-hybridized carbons (Fsp3) is 0.125. The van der Waals surface area contributed by atoms with Crippen molar-refractivity contribution in [2.24, 2.45) is 0 Å². The van der Waals surface area contributed by atoms with E-state index in [0.29, 0.717) is 12.0 Å². The van der Waals surface area contributed by atoms with Crippen LogP contribution in [0.1, 0.15) is 21.6 Å². The number of carbonyl (C=O) groups excluding carboxylic acids is 1. The number of para-hydroxylation sites is 1. The van der Waals surface area contributed by atoms with Gasteiger partial charge in [0, 0.05) is 29.9 Å². The summed E-state index contributed by atoms with van der Waals surface area (Å²) in [5.74, 6) is 0.859. The normalized spacial score (nSPS) is 10.7. The highest BCUT2D eigenvalue weighted by atomic mass is 16.5. The van der Waals surface area contributed by atoms with Crippen molar-refractivity contribution in [2.45, 2.75) is 6.42 Å². The molecule has 0 saturated carbocycles. The summed E-state index contributed by atoms with van der Waals surface area (Å²) in [5.41, 5.74) is 3.44. The third kappa shape index (κ3) is 2.28. The van der Waals surface area contributed by atoms with E-state index in [1.165, 1.54) is 0 Å². The molecule has 0 aliphatic rings. The maximum Gasteiger partial charge on any atom is 0.150 e. The monoisotopic (exact) mass is 266 g/mol. The Hall–Kier alpha value is -2.62. The van der Waals surface area contributed by atoms with Crippen LogP contribution in [0.3, 0.4) is 0 Å². The Morgan fingerprint density at radius 2 is 2.15 bits per heavy atom. The number of carbonyl (C=O) groups is 1. The SMILES string of the molecule is COc1ccccc1Cc1cn2ccc(C=O)cc2n1. The van der Waals surface area contributed by atoms with Gasteiger partial charge >= 0.3 is 0 Å². The molecule has 0 radical (unpaired) electrons. The third-order valence-corrected chi connectivity index (χ3v) is 3.23. The van der Waals surface area contributed by atoms with Gasteiger partial charge in [-0.3, -0.25) is 4.79 Å². The molecule has 0 unspecified atom stereocenters. The first-order chi connectivity index (χ1) is 9.80. The van der Waals surface area contributed by atoms with Crippen LogP contribution in [-0.2, 0) is 6.42 Å². The first-order valence-electron chi connectivity index (χ1n) is 6.35. The summed E-state index contributed by atoms with van der Waals surface area (Å²) in [4.78, 5) is 15.3. The van der Waals surface area contributed by atoms with Crippen LogP contribution in [0.15, 0.2) is 48.8 Å². The van der Waals surface area contributed by atoms with Crippen molar-refractivity contribution < 1.29 is 9.53 Å². The molecule has 3 rings (SSSR count). The summed E-state index contributed by atoms with van der Waals surface area (Å²) >= 11 is 0. The van der Waals surface area contributed by atoms with Gasteiger partial charge in [0.15, 0.2) is 0 Å². The van der Waals surface area contributed by atoms with Crippen molar-refractivity contribution in [1.82, 2.24) is 9.38 Å². The van der Waals surface area contributed by atoms with Gasteiger partial charge in [-0.2, -0.15) is 0 Å². The number of hydrogen-bond acceptors (Lipinski definition) is 3. The van der Waals surface area contributed by atoms with Gasteiger partial charge in [0.1, 0.15) is 17.7 Å². The molecule has 2 aromatic heterocycles. The molecule has 1 aromatic carbocycles. The zero-order valence-corrected chi connectivity index (χ0v) is 11.1. The molecule has 20 heavy (non-hydrogen) atoms. The van der Waals surface area contributed by atoms with E-state index >= 15 is 0 Å². The summed E-state index contributed by atoms with van der Waals surface area (Å²) in [6.07, 6.45) is 5.34. The van der Waals surface area contributed by atoms with Gasteiger partial charge in [-0.1, -0.05) is 18.2 Å². The van der Waals surface area contributed by atoms with Crippen LogP contribution in [-0.4, -0.2) is 22.8 Å². The average Bonchev–Trinajstić information content (AvgIpc) is 2.89. The van der Waals surface area contributed by atoms with Crippen LogP contribution in [0.4, 0.5) is 0 Å². The van der Waals surface area contributed by atoms with Crippen molar-refractivity contribution in [3.63, 3.8) is 0 Å². The number of imidazole rings is 1. The molecular formula is C16H14N2O2. The second-order valence-electron chi connectivity index (χ2n) is 4.56. The van der Waals surface area contributed by atoms with E-state index in [-0.39, 0.29) is 0 Å². The number of nitrogens with zero attached hydrogens (tertiary/aromatic N) is 2. The lowest BCUT2D eigenvalue weighted by Crippen LogP contribution is -1.93. The van der Waals surface area contributed by atoms with Gasteiger partial charge in [0.2, 0.25) is 0 Å². The molecule has 0 spiro atoms. The zero-order chi connectivity index (χ0) is 13.9. The number of pyridine rings is 1. The maximum atomic E-state index is 10.8. The highest BCUT2D eigenvalue weighted by Crippen LogP contribution is 2.21. The Kier molecular flexibility index (Phi) is 3.21. The van der Waals surface area contributed by atoms with Gasteiger partial charge in [0.05, 0.1) is 12.8 Å². The summed E-state index contributed by atoms with van der Waals surface area (Å²) < 4.78 is 7.26. The maximum absolute atomic E-state index is 10.8. The van der Waals surface area contributed by atoms with Crippen LogP contribution in [0.2, 0.25) is 0 Å². The summed E-state index contributed by atoms with van der Waals surface area (Å²) in [6, 6.07) is 11.4. The lowest BCUT2D eigenvalue weighted by Gasteiger charge is -2.05. The van der Waals surface area contributed by atoms with E-state index in [9.17, 15) is 4.79 Å². The van der Waals surface area contributed by atoms with Gasteiger partial charge in [-0.25, -0.2) is 4.98 Å². The Morgan fingerprint density at radius 1 is 1.30 bits per heavy atom. The van der Waals surface area contributed by atoms with Crippen LogP contribution in [0.5, 0.6) is 5.75 Å². The quantitative estimate of drug-likeness (QED) is 0.682. The topological polar surface area (TPSA) is 43.6 Å². The molecule has 0 aliphatic carbocycles. The third-order valence-electron chi connectivity index (χ3n) is 3.23. The molecule has 0 aliphatic heterocycles. The molecule has 0 fully saturated rings. The number of fused-ring (bicyclic) bond motifs is 1. The molecular weight excluding hydrogens is 252 g/mol. The smallest absolute Gasteiger partial charge is 0.150 e. The first-order valence-corrected chi connectivity index (χ1v) is 6.35. The highest BCUT2D eigenvalue weighted by molar-refractivity contribution is 5.76. The molecule has 4 nitrogen and oxygen atoms in total. The van der Waals surface area contributed by atoms with Gasteiger partial charge in [-0.15, -0.1) is 0 Å². The number of methoxy groups -OCH3 is 1. The van der Waals surface area contributed by atoms with Crippen molar-refractivity contribution in [3.8, 4) is 5.75 Å². The van der Waals surface area contributed by atoms with Crippen molar-refractivity contribution in [3.05, 3.63) is 65.6 Å². The lowest BCUT2D eigenvalue weighted by atomic mass is 10.1. The fourth-order valence-corrected chi connectivity index (χ4v) is 2.25. The van der Waals surface area contributed by atoms with Crippen LogP contribution >= 0.6 is 0 Å². The van der Waals surface area contributed by atoms with Crippen LogP contribution in [0, 0.1) is 0 Å². The van der Waals surface area contributed by atoms with Crippen LogP contribution < -0.4 is 4.74 Å². The molecule has 0 saturated heterocycles. The summed E-state index contributed by atoms with van der Waals surface area (Å²) in [5, 5.41) is 0. The standard InChI is InChI=1S/C16H14N2O2/c1-20-15-5-3-2-4-13(15)9-14-10-18-7-6-12(11-19)8-16(18)17-14/h2-8,10-11H,9H2,1H3. The predicted octanol–water partition coefficient (Wildman–Crippen LogP) is 2.75. The van der Waals surface area contributed by atoms with E-state index < -0.39 is 0 Å². The first kappa shape index (κ1) is 12.4. The molecule has 4 heteroatoms. The van der Waals surface area contributed by atoms with Gasteiger partial charge in [-0.05, 0) is 18.2 Å². The minimum Gasteiger partial charge on any atom is -0.496 e. The Morgan fingerprint density at radius 3 is 2.95 bits per heavy atom. The molecule has 0 amide bonds. The number of aromatic nitrogens is 2. The lowest BCUT2D eigenvalue weighted by molar-refractivity contribution is 0.112. The molecule has 0 atom stereocenters. The fourth-order valence-electron chi connectivity index (χ4n) is 2.25. The molecule has 100 valence electrons. The summed E-state index contributed by atoms with van der Waals surface area (Å²) in [6.45, 7) is 0. The molecule has 0 N–H and O–H groups in total. The number of hydrogen-bond donors (Lipinski definition) is 0. The second-order valence-corrected chi connectivity index (χ2v) is 4.56. The molecule has 0 bridgehead atoms. The van der Waals surface area contributed by atoms with Crippen molar-refractivity contribution >= 4 is 11.9 Å². The summed E-state index contributed by atoms with van der Waals surface area (Å²) in [7, 11) is 1.67. The van der Waals surface area contributed by atoms with E-state index in [1.807, 2.05) is 41.1 Å². The van der Waals surface area contributed by atoms with Crippen LogP contribution in [0.25, 0.3) is 5.65 Å². The van der Waals surface area contributed by atoms with Crippen molar-refractivity contribution in [1.29, 1.82) is 0 Å². The van der Waals surface area contributed by atoms with E-state index in [0.717, 1.165) is 28.9 Å². The largest absolute Gasteiger partial charge is 0.496 e. The highest BCUT2D eigenvalue weighted by Gasteiger charge is 2.07. The average molecular weight is 266 g/mol. The van der Waals surface area contributed by atoms with Gasteiger partial charge in [0.25, 0.3) is 0 Å². The number of ether oxygens (including phenoxy) is 1. The number of benzene rings is 1. The van der Waals surface area contributed by atoms with E-state index in [1.54, 1.807) is 19.2 Å².